The van der Waals surface area contributed by atoms with Crippen LogP contribution in [-0.2, 0) is 14.6 Å². The number of hydrogen-bond donors (Lipinski definition) is 1. The van der Waals surface area contributed by atoms with Crippen LogP contribution < -0.4 is 5.32 Å². The Morgan fingerprint density at radius 2 is 1.47 bits per heavy atom. The Labute approximate surface area is 105 Å². The lowest BCUT2D eigenvalue weighted by molar-refractivity contribution is -0.120. The van der Waals surface area contributed by atoms with Gasteiger partial charge in [-0.05, 0) is 24.7 Å². The summed E-state index contributed by atoms with van der Waals surface area (Å²) in [6, 6.07) is 0. The Bertz CT molecular complexity index is 339. The quantitative estimate of drug-likeness (QED) is 0.789. The molecule has 0 saturated heterocycles. The number of hydrogen-bond acceptors (Lipinski definition) is 3. The molecule has 0 aromatic heterocycles. The molecular weight excluding hydrogens is 238 g/mol. The third-order valence-corrected chi connectivity index (χ3v) is 4.73. The number of amides is 1. The molecule has 102 valence electrons. The lowest BCUT2D eigenvalue weighted by Crippen LogP contribution is -2.41. The molecule has 0 heterocycles. The maximum Gasteiger partial charge on any atom is 0.238 e. The molecule has 0 bridgehead atoms. The van der Waals surface area contributed by atoms with Crippen molar-refractivity contribution in [3.63, 3.8) is 0 Å². The Morgan fingerprint density at radius 3 is 1.76 bits per heavy atom. The molecule has 0 aliphatic carbocycles. The predicted molar refractivity (Wildman–Crippen MR) is 70.5 cm³/mol. The SMILES string of the molecule is CC(C)C(CNC(=O)C(C)S(C)(=O)=O)C(C)C. The molecule has 1 atom stereocenters. The van der Waals surface area contributed by atoms with E-state index >= 15 is 0 Å². The van der Waals surface area contributed by atoms with Crippen molar-refractivity contribution in [2.45, 2.75) is 39.9 Å². The fourth-order valence-electron chi connectivity index (χ4n) is 1.80. The smallest absolute Gasteiger partial charge is 0.238 e. The van der Waals surface area contributed by atoms with Crippen molar-refractivity contribution in [1.29, 1.82) is 0 Å². The Hall–Kier alpha value is -0.580. The predicted octanol–water partition coefficient (Wildman–Crippen LogP) is 1.46. The van der Waals surface area contributed by atoms with Crippen molar-refractivity contribution >= 4 is 15.7 Å². The Balaban J connectivity index is 4.42. The van der Waals surface area contributed by atoms with Gasteiger partial charge in [-0.2, -0.15) is 0 Å². The van der Waals surface area contributed by atoms with Gasteiger partial charge in [0.2, 0.25) is 5.91 Å². The van der Waals surface area contributed by atoms with Crippen molar-refractivity contribution in [3.8, 4) is 0 Å². The third kappa shape index (κ3) is 5.52. The summed E-state index contributed by atoms with van der Waals surface area (Å²) in [5, 5.41) is 1.76. The first-order valence-electron chi connectivity index (χ1n) is 6.04. The van der Waals surface area contributed by atoms with Crippen LogP contribution >= 0.6 is 0 Å². The summed E-state index contributed by atoms with van der Waals surface area (Å²) < 4.78 is 22.4. The molecule has 1 unspecified atom stereocenters. The van der Waals surface area contributed by atoms with Crippen molar-refractivity contribution in [1.82, 2.24) is 5.32 Å². The van der Waals surface area contributed by atoms with Crippen LogP contribution in [0.5, 0.6) is 0 Å². The van der Waals surface area contributed by atoms with Crippen LogP contribution in [-0.4, -0.2) is 32.4 Å². The van der Waals surface area contributed by atoms with Gasteiger partial charge in [0, 0.05) is 12.8 Å². The van der Waals surface area contributed by atoms with Crippen LogP contribution in [0.1, 0.15) is 34.6 Å². The van der Waals surface area contributed by atoms with E-state index in [0.717, 1.165) is 6.26 Å². The molecule has 0 aliphatic rings. The van der Waals surface area contributed by atoms with E-state index in [1.807, 2.05) is 0 Å². The second-order valence-corrected chi connectivity index (χ2v) is 7.73. The van der Waals surface area contributed by atoms with E-state index in [4.69, 9.17) is 0 Å². The molecular formula is C12H25NO3S. The molecule has 17 heavy (non-hydrogen) atoms. The van der Waals surface area contributed by atoms with Crippen LogP contribution in [0.2, 0.25) is 0 Å². The van der Waals surface area contributed by atoms with Crippen LogP contribution in [0, 0.1) is 17.8 Å². The Morgan fingerprint density at radius 1 is 1.06 bits per heavy atom. The molecule has 5 heteroatoms. The second kappa shape index (κ2) is 6.38. The standard InChI is InChI=1S/C12H25NO3S/c1-8(2)11(9(3)4)7-13-12(14)10(5)17(6,15)16/h8-11H,7H2,1-6H3,(H,13,14). The van der Waals surface area contributed by atoms with Gasteiger partial charge in [0.25, 0.3) is 0 Å². The van der Waals surface area contributed by atoms with E-state index in [9.17, 15) is 13.2 Å². The number of carbonyl (C=O) groups is 1. The van der Waals surface area contributed by atoms with Crippen LogP contribution in [0.15, 0.2) is 0 Å². The average Bonchev–Trinajstić information content (AvgIpc) is 2.13. The lowest BCUT2D eigenvalue weighted by Gasteiger charge is -2.25. The van der Waals surface area contributed by atoms with Crippen LogP contribution in [0.4, 0.5) is 0 Å². The molecule has 0 aromatic rings. The number of carbonyl (C=O) groups excluding carboxylic acids is 1. The third-order valence-electron chi connectivity index (χ3n) is 3.24. The van der Waals surface area contributed by atoms with Crippen LogP contribution in [0.25, 0.3) is 0 Å². The molecule has 0 spiro atoms. The van der Waals surface area contributed by atoms with E-state index in [1.165, 1.54) is 6.92 Å². The largest absolute Gasteiger partial charge is 0.355 e. The molecule has 0 aromatic carbocycles. The minimum absolute atomic E-state index is 0.366. The van der Waals surface area contributed by atoms with Gasteiger partial charge in [0.15, 0.2) is 9.84 Å². The van der Waals surface area contributed by atoms with Crippen molar-refractivity contribution in [2.75, 3.05) is 12.8 Å². The lowest BCUT2D eigenvalue weighted by atomic mass is 9.85. The van der Waals surface area contributed by atoms with E-state index in [-0.39, 0.29) is 0 Å². The number of rotatable bonds is 6. The van der Waals surface area contributed by atoms with E-state index in [2.05, 4.69) is 33.0 Å². The molecule has 0 fully saturated rings. The molecule has 0 radical (unpaired) electrons. The number of sulfone groups is 1. The molecule has 1 N–H and O–H groups in total. The molecule has 0 aliphatic heterocycles. The van der Waals surface area contributed by atoms with Gasteiger partial charge in [0.1, 0.15) is 5.25 Å². The topological polar surface area (TPSA) is 63.2 Å². The summed E-state index contributed by atoms with van der Waals surface area (Å²) in [4.78, 5) is 11.6. The van der Waals surface area contributed by atoms with Crippen molar-refractivity contribution in [2.24, 2.45) is 17.8 Å². The van der Waals surface area contributed by atoms with Gasteiger partial charge in [-0.25, -0.2) is 8.42 Å². The normalized spacial score (nSPS) is 14.4. The Kier molecular flexibility index (Phi) is 6.16. The highest BCUT2D eigenvalue weighted by molar-refractivity contribution is 7.92. The maximum absolute atomic E-state index is 11.6. The summed E-state index contributed by atoms with van der Waals surface area (Å²) in [6.07, 6.45) is 1.08. The minimum atomic E-state index is -3.30. The summed E-state index contributed by atoms with van der Waals surface area (Å²) in [6.45, 7) is 10.4. The van der Waals surface area contributed by atoms with Gasteiger partial charge in [0.05, 0.1) is 0 Å². The first kappa shape index (κ1) is 16.4. The van der Waals surface area contributed by atoms with Crippen LogP contribution in [0.3, 0.4) is 0 Å². The van der Waals surface area contributed by atoms with Crippen molar-refractivity contribution < 1.29 is 13.2 Å². The summed E-state index contributed by atoms with van der Waals surface area (Å²) in [7, 11) is -3.30. The average molecular weight is 263 g/mol. The van der Waals surface area contributed by atoms with E-state index in [0.29, 0.717) is 24.3 Å². The second-order valence-electron chi connectivity index (χ2n) is 5.37. The van der Waals surface area contributed by atoms with Gasteiger partial charge < -0.3 is 5.32 Å². The zero-order valence-corrected chi connectivity index (χ0v) is 12.5. The van der Waals surface area contributed by atoms with Gasteiger partial charge in [-0.1, -0.05) is 27.7 Å². The first-order valence-corrected chi connectivity index (χ1v) is 7.99. The fraction of sp³-hybridized carbons (Fsp3) is 0.917. The molecule has 4 nitrogen and oxygen atoms in total. The maximum atomic E-state index is 11.6. The van der Waals surface area contributed by atoms with Gasteiger partial charge >= 0.3 is 0 Å². The minimum Gasteiger partial charge on any atom is -0.355 e. The molecule has 1 amide bonds. The van der Waals surface area contributed by atoms with Gasteiger partial charge in [-0.3, -0.25) is 4.79 Å². The zero-order chi connectivity index (χ0) is 13.8. The molecule has 0 saturated carbocycles. The highest BCUT2D eigenvalue weighted by Crippen LogP contribution is 2.19. The summed E-state index contributed by atoms with van der Waals surface area (Å²) in [5.74, 6) is 0.886. The first-order chi connectivity index (χ1) is 7.57. The highest BCUT2D eigenvalue weighted by atomic mass is 32.2. The van der Waals surface area contributed by atoms with Gasteiger partial charge in [-0.15, -0.1) is 0 Å². The molecule has 0 rings (SSSR count). The highest BCUT2D eigenvalue weighted by Gasteiger charge is 2.25. The number of nitrogens with one attached hydrogen (secondary N) is 1. The summed E-state index contributed by atoms with van der Waals surface area (Å²) in [5.41, 5.74) is 0. The fourth-order valence-corrected chi connectivity index (χ4v) is 2.27. The van der Waals surface area contributed by atoms with Crippen molar-refractivity contribution in [3.05, 3.63) is 0 Å². The van der Waals surface area contributed by atoms with E-state index in [1.54, 1.807) is 0 Å². The van der Waals surface area contributed by atoms with E-state index < -0.39 is 21.0 Å². The monoisotopic (exact) mass is 263 g/mol. The zero-order valence-electron chi connectivity index (χ0n) is 11.6. The summed E-state index contributed by atoms with van der Waals surface area (Å²) >= 11 is 0.